The molecule has 1 amide bonds. The van der Waals surface area contributed by atoms with Crippen molar-refractivity contribution >= 4 is 33.6 Å². The lowest BCUT2D eigenvalue weighted by Crippen LogP contribution is -2.13. The van der Waals surface area contributed by atoms with Gasteiger partial charge in [0.1, 0.15) is 18.2 Å². The molecule has 0 atom stereocenters. The summed E-state index contributed by atoms with van der Waals surface area (Å²) in [5.74, 6) is 0.541. The summed E-state index contributed by atoms with van der Waals surface area (Å²) in [5, 5.41) is 12.2. The summed E-state index contributed by atoms with van der Waals surface area (Å²) in [5.41, 5.74) is 2.40. The van der Waals surface area contributed by atoms with E-state index in [0.29, 0.717) is 33.8 Å². The number of halogens is 1. The van der Waals surface area contributed by atoms with Crippen LogP contribution in [0.1, 0.15) is 18.1 Å². The molecule has 0 aliphatic rings. The van der Waals surface area contributed by atoms with Crippen LogP contribution < -0.4 is 14.8 Å². The fourth-order valence-electron chi connectivity index (χ4n) is 2.41. The highest BCUT2D eigenvalue weighted by Crippen LogP contribution is 2.34. The van der Waals surface area contributed by atoms with Gasteiger partial charge in [-0.2, -0.15) is 5.26 Å². The minimum atomic E-state index is -0.482. The number of nitrogens with one attached hydrogen (secondary N) is 1. The number of amides is 1. The van der Waals surface area contributed by atoms with Gasteiger partial charge in [0.05, 0.1) is 7.11 Å². The van der Waals surface area contributed by atoms with Gasteiger partial charge in [-0.3, -0.25) is 4.79 Å². The average Bonchev–Trinajstić information content (AvgIpc) is 2.71. The third-order valence-electron chi connectivity index (χ3n) is 3.92. The topological polar surface area (TPSA) is 71.3 Å². The van der Waals surface area contributed by atoms with E-state index in [9.17, 15) is 10.1 Å². The highest BCUT2D eigenvalue weighted by Gasteiger charge is 2.13. The molecule has 2 aromatic carbocycles. The fourth-order valence-corrected chi connectivity index (χ4v) is 2.85. The summed E-state index contributed by atoms with van der Waals surface area (Å²) >= 11 is 3.44. The molecule has 0 aromatic heterocycles. The van der Waals surface area contributed by atoms with Crippen molar-refractivity contribution in [1.29, 1.82) is 5.26 Å². The van der Waals surface area contributed by atoms with Crippen molar-refractivity contribution in [3.63, 3.8) is 0 Å². The minimum absolute atomic E-state index is 0.0259. The predicted molar refractivity (Wildman–Crippen MR) is 114 cm³/mol. The molecule has 6 heteroatoms. The first kappa shape index (κ1) is 21.3. The fraction of sp³-hybridized carbons (Fsp3) is 0.182. The van der Waals surface area contributed by atoms with Crippen molar-refractivity contribution < 1.29 is 14.3 Å². The van der Waals surface area contributed by atoms with E-state index < -0.39 is 5.91 Å². The van der Waals surface area contributed by atoms with Gasteiger partial charge < -0.3 is 14.8 Å². The smallest absolute Gasteiger partial charge is 0.266 e. The van der Waals surface area contributed by atoms with Gasteiger partial charge in [0.25, 0.3) is 5.91 Å². The lowest BCUT2D eigenvalue weighted by atomic mass is 10.1. The Morgan fingerprint density at radius 1 is 1.29 bits per heavy atom. The molecular weight excluding hydrogens is 420 g/mol. The molecule has 0 unspecified atom stereocenters. The molecule has 2 rings (SSSR count). The maximum Gasteiger partial charge on any atom is 0.266 e. The Morgan fingerprint density at radius 2 is 2.00 bits per heavy atom. The third kappa shape index (κ3) is 5.48. The molecule has 0 heterocycles. The van der Waals surface area contributed by atoms with Gasteiger partial charge in [0.2, 0.25) is 0 Å². The number of anilines is 1. The van der Waals surface area contributed by atoms with E-state index in [0.717, 1.165) is 6.42 Å². The quantitative estimate of drug-likeness (QED) is 0.350. The Hall–Kier alpha value is -3.04. The molecule has 0 fully saturated rings. The summed E-state index contributed by atoms with van der Waals surface area (Å²) in [7, 11) is 1.52. The highest BCUT2D eigenvalue weighted by molar-refractivity contribution is 9.10. The standard InChI is InChI=1S/C22H21BrN2O3/c1-4-10-28-21-13-19(23)16(12-20(21)27-3)11-17(14-24)22(26)25-18-8-6-15(5-2)7-9-18/h4,6-9,11-13H,1,5,10H2,2-3H3,(H,25,26)/b17-11+. The Kier molecular flexibility index (Phi) is 7.85. The number of methoxy groups -OCH3 is 1. The first-order valence-corrected chi connectivity index (χ1v) is 9.45. The second kappa shape index (κ2) is 10.3. The maximum atomic E-state index is 12.5. The number of nitriles is 1. The van der Waals surface area contributed by atoms with Gasteiger partial charge >= 0.3 is 0 Å². The highest BCUT2D eigenvalue weighted by atomic mass is 79.9. The van der Waals surface area contributed by atoms with Crippen LogP contribution in [0.5, 0.6) is 11.5 Å². The zero-order chi connectivity index (χ0) is 20.5. The molecule has 0 saturated heterocycles. The van der Waals surface area contributed by atoms with Crippen molar-refractivity contribution in [3.8, 4) is 17.6 Å². The number of hydrogen-bond donors (Lipinski definition) is 1. The number of carbonyl (C=O) groups is 1. The maximum absolute atomic E-state index is 12.5. The van der Waals surface area contributed by atoms with E-state index >= 15 is 0 Å². The Bertz CT molecular complexity index is 928. The van der Waals surface area contributed by atoms with Crippen LogP contribution >= 0.6 is 15.9 Å². The third-order valence-corrected chi connectivity index (χ3v) is 4.61. The number of hydrogen-bond acceptors (Lipinski definition) is 4. The minimum Gasteiger partial charge on any atom is -0.493 e. The molecule has 0 aliphatic heterocycles. The van der Waals surface area contributed by atoms with Crippen LogP contribution in [0.25, 0.3) is 6.08 Å². The summed E-state index contributed by atoms with van der Waals surface area (Å²) < 4.78 is 11.6. The normalized spacial score (nSPS) is 10.7. The van der Waals surface area contributed by atoms with Crippen LogP contribution in [0, 0.1) is 11.3 Å². The predicted octanol–water partition coefficient (Wildman–Crippen LogP) is 5.13. The van der Waals surface area contributed by atoms with Crippen LogP contribution in [0.15, 0.2) is 59.1 Å². The first-order chi connectivity index (χ1) is 13.5. The molecule has 28 heavy (non-hydrogen) atoms. The van der Waals surface area contributed by atoms with E-state index in [2.05, 4.69) is 34.7 Å². The van der Waals surface area contributed by atoms with Crippen LogP contribution in [0.4, 0.5) is 5.69 Å². The molecule has 1 N–H and O–H groups in total. The summed E-state index contributed by atoms with van der Waals surface area (Å²) in [6.45, 7) is 6.01. The SMILES string of the molecule is C=CCOc1cc(Br)c(/C=C(\C#N)C(=O)Nc2ccc(CC)cc2)cc1OC. The monoisotopic (exact) mass is 440 g/mol. The molecule has 144 valence electrons. The Balaban J connectivity index is 2.28. The molecule has 2 aromatic rings. The number of aryl methyl sites for hydroxylation is 1. The summed E-state index contributed by atoms with van der Waals surface area (Å²) in [4.78, 5) is 12.5. The zero-order valence-corrected chi connectivity index (χ0v) is 17.4. The van der Waals surface area contributed by atoms with Crippen LogP contribution in [0.2, 0.25) is 0 Å². The molecule has 0 saturated carbocycles. The van der Waals surface area contributed by atoms with E-state index in [1.165, 1.54) is 18.7 Å². The lowest BCUT2D eigenvalue weighted by molar-refractivity contribution is -0.112. The largest absolute Gasteiger partial charge is 0.493 e. The van der Waals surface area contributed by atoms with E-state index in [1.807, 2.05) is 30.3 Å². The lowest BCUT2D eigenvalue weighted by Gasteiger charge is -2.12. The van der Waals surface area contributed by atoms with Crippen LogP contribution in [-0.2, 0) is 11.2 Å². The van der Waals surface area contributed by atoms with Gasteiger partial charge in [-0.15, -0.1) is 0 Å². The second-order valence-corrected chi connectivity index (χ2v) is 6.65. The van der Waals surface area contributed by atoms with Crippen molar-refractivity contribution in [1.82, 2.24) is 0 Å². The number of nitrogens with zero attached hydrogens (tertiary/aromatic N) is 1. The summed E-state index contributed by atoms with van der Waals surface area (Å²) in [6, 6.07) is 12.9. The molecular formula is C22H21BrN2O3. The average molecular weight is 441 g/mol. The second-order valence-electron chi connectivity index (χ2n) is 5.80. The zero-order valence-electron chi connectivity index (χ0n) is 15.8. The van der Waals surface area contributed by atoms with Gasteiger partial charge in [-0.1, -0.05) is 47.6 Å². The van der Waals surface area contributed by atoms with Crippen molar-refractivity contribution in [2.75, 3.05) is 19.0 Å². The van der Waals surface area contributed by atoms with Crippen LogP contribution in [0.3, 0.4) is 0 Å². The van der Waals surface area contributed by atoms with Gasteiger partial charge in [0.15, 0.2) is 11.5 Å². The van der Waals surface area contributed by atoms with Gasteiger partial charge in [-0.05, 0) is 47.9 Å². The number of ether oxygens (including phenoxy) is 2. The Morgan fingerprint density at radius 3 is 2.57 bits per heavy atom. The number of rotatable bonds is 8. The summed E-state index contributed by atoms with van der Waals surface area (Å²) in [6.07, 6.45) is 4.05. The molecule has 0 spiro atoms. The van der Waals surface area contributed by atoms with Crippen molar-refractivity contribution in [3.05, 3.63) is 70.2 Å². The molecule has 5 nitrogen and oxygen atoms in total. The van der Waals surface area contributed by atoms with Crippen molar-refractivity contribution in [2.45, 2.75) is 13.3 Å². The Labute approximate surface area is 173 Å². The number of carbonyl (C=O) groups excluding carboxylic acids is 1. The molecule has 0 aliphatic carbocycles. The molecule has 0 bridgehead atoms. The molecule has 0 radical (unpaired) electrons. The van der Waals surface area contributed by atoms with E-state index in [1.54, 1.807) is 18.2 Å². The first-order valence-electron chi connectivity index (χ1n) is 8.65. The van der Waals surface area contributed by atoms with Crippen molar-refractivity contribution in [2.24, 2.45) is 0 Å². The van der Waals surface area contributed by atoms with E-state index in [4.69, 9.17) is 9.47 Å². The van der Waals surface area contributed by atoms with Gasteiger partial charge in [0, 0.05) is 10.2 Å². The number of benzene rings is 2. The van der Waals surface area contributed by atoms with Gasteiger partial charge in [-0.25, -0.2) is 0 Å². The van der Waals surface area contributed by atoms with Crippen LogP contribution in [-0.4, -0.2) is 19.6 Å². The van der Waals surface area contributed by atoms with E-state index in [-0.39, 0.29) is 5.57 Å².